The molecule has 1 spiro atoms. The summed E-state index contributed by atoms with van der Waals surface area (Å²) in [5.74, 6) is 0. The van der Waals surface area contributed by atoms with Gasteiger partial charge >= 0.3 is 6.09 Å². The van der Waals surface area contributed by atoms with E-state index >= 15 is 0 Å². The topological polar surface area (TPSA) is 64.8 Å². The first kappa shape index (κ1) is 13.6. The summed E-state index contributed by atoms with van der Waals surface area (Å²) in [5.41, 5.74) is 5.44. The van der Waals surface area contributed by atoms with Crippen molar-refractivity contribution in [3.8, 4) is 0 Å². The molecule has 2 heterocycles. The van der Waals surface area contributed by atoms with E-state index in [1.54, 1.807) is 0 Å². The van der Waals surface area contributed by atoms with E-state index in [1.165, 1.54) is 0 Å². The smallest absolute Gasteiger partial charge is 0.410 e. The molecule has 5 heteroatoms. The number of hydrogen-bond donors (Lipinski definition) is 1. The second-order valence-electron chi connectivity index (χ2n) is 6.39. The van der Waals surface area contributed by atoms with Crippen molar-refractivity contribution in [3.63, 3.8) is 0 Å². The third kappa shape index (κ3) is 2.78. The Morgan fingerprint density at radius 2 is 2.00 bits per heavy atom. The van der Waals surface area contributed by atoms with Gasteiger partial charge in [0.1, 0.15) is 5.60 Å². The van der Waals surface area contributed by atoms with E-state index in [-0.39, 0.29) is 17.7 Å². The molecule has 0 aromatic carbocycles. The van der Waals surface area contributed by atoms with Crippen LogP contribution in [0, 0.1) is 0 Å². The summed E-state index contributed by atoms with van der Waals surface area (Å²) in [6.07, 6.45) is 2.34. The molecule has 2 rings (SSSR count). The van der Waals surface area contributed by atoms with Crippen LogP contribution >= 0.6 is 0 Å². The van der Waals surface area contributed by atoms with E-state index in [0.717, 1.165) is 19.3 Å². The largest absolute Gasteiger partial charge is 0.444 e. The van der Waals surface area contributed by atoms with Crippen LogP contribution in [0.15, 0.2) is 0 Å². The van der Waals surface area contributed by atoms with Crippen molar-refractivity contribution in [3.05, 3.63) is 0 Å². The molecular formula is C13H24N2O3. The summed E-state index contributed by atoms with van der Waals surface area (Å²) in [5, 5.41) is 0. The average Bonchev–Trinajstić information content (AvgIpc) is 2.54. The zero-order valence-corrected chi connectivity index (χ0v) is 11.6. The number of ether oxygens (including phenoxy) is 2. The number of carbonyl (C=O) groups is 1. The third-order valence-electron chi connectivity index (χ3n) is 3.67. The molecule has 0 radical (unpaired) electrons. The van der Waals surface area contributed by atoms with Crippen molar-refractivity contribution in [2.24, 2.45) is 5.73 Å². The highest BCUT2D eigenvalue weighted by molar-refractivity contribution is 5.70. The van der Waals surface area contributed by atoms with Gasteiger partial charge in [0.2, 0.25) is 0 Å². The minimum absolute atomic E-state index is 0.0515. The Kier molecular flexibility index (Phi) is 3.56. The van der Waals surface area contributed by atoms with Gasteiger partial charge in [0.05, 0.1) is 5.54 Å². The first-order valence-corrected chi connectivity index (χ1v) is 6.66. The highest BCUT2D eigenvalue weighted by Crippen LogP contribution is 2.38. The van der Waals surface area contributed by atoms with E-state index in [9.17, 15) is 4.79 Å². The van der Waals surface area contributed by atoms with Crippen LogP contribution in [-0.4, -0.2) is 47.9 Å². The van der Waals surface area contributed by atoms with Gasteiger partial charge in [0.25, 0.3) is 0 Å². The summed E-state index contributed by atoms with van der Waals surface area (Å²) in [6, 6.07) is 0.0515. The Balaban J connectivity index is 2.11. The molecule has 18 heavy (non-hydrogen) atoms. The number of carbonyl (C=O) groups excluding carboxylic acids is 1. The fraction of sp³-hybridized carbons (Fsp3) is 0.923. The van der Waals surface area contributed by atoms with Crippen molar-refractivity contribution in [1.29, 1.82) is 0 Å². The molecule has 0 aromatic rings. The molecule has 2 aliphatic rings. The van der Waals surface area contributed by atoms with Crippen molar-refractivity contribution < 1.29 is 14.3 Å². The Labute approximate surface area is 109 Å². The van der Waals surface area contributed by atoms with E-state index in [2.05, 4.69) is 0 Å². The Morgan fingerprint density at radius 3 is 2.56 bits per heavy atom. The fourth-order valence-electron chi connectivity index (χ4n) is 2.90. The molecular weight excluding hydrogens is 232 g/mol. The first-order chi connectivity index (χ1) is 8.32. The number of hydrogen-bond acceptors (Lipinski definition) is 4. The van der Waals surface area contributed by atoms with Crippen LogP contribution in [0.3, 0.4) is 0 Å². The number of amides is 1. The zero-order chi connectivity index (χ0) is 13.4. The second kappa shape index (κ2) is 4.70. The molecule has 0 bridgehead atoms. The van der Waals surface area contributed by atoms with E-state index < -0.39 is 5.60 Å². The first-order valence-electron chi connectivity index (χ1n) is 6.66. The van der Waals surface area contributed by atoms with Gasteiger partial charge in [-0.15, -0.1) is 0 Å². The monoisotopic (exact) mass is 256 g/mol. The number of nitrogens with two attached hydrogens (primary N) is 1. The molecule has 1 unspecified atom stereocenters. The molecule has 104 valence electrons. The number of likely N-dealkylation sites (tertiary alicyclic amines) is 1. The van der Waals surface area contributed by atoms with E-state index in [1.807, 2.05) is 25.7 Å². The van der Waals surface area contributed by atoms with Gasteiger partial charge in [-0.25, -0.2) is 4.79 Å². The van der Waals surface area contributed by atoms with Crippen molar-refractivity contribution in [2.75, 3.05) is 19.8 Å². The molecule has 2 fully saturated rings. The average molecular weight is 256 g/mol. The van der Waals surface area contributed by atoms with E-state index in [0.29, 0.717) is 19.8 Å². The maximum Gasteiger partial charge on any atom is 0.410 e. The molecule has 0 aromatic heterocycles. The Morgan fingerprint density at radius 1 is 1.39 bits per heavy atom. The van der Waals surface area contributed by atoms with Gasteiger partial charge in [0, 0.05) is 25.8 Å². The Hall–Kier alpha value is -0.810. The fourth-order valence-corrected chi connectivity index (χ4v) is 2.90. The van der Waals surface area contributed by atoms with Gasteiger partial charge < -0.3 is 20.1 Å². The molecule has 0 saturated carbocycles. The number of rotatable bonds is 0. The minimum Gasteiger partial charge on any atom is -0.444 e. The lowest BCUT2D eigenvalue weighted by molar-refractivity contribution is -0.0290. The SMILES string of the molecule is CC(C)(C)OC(=O)N1CC(N)CC12CCOCC2. The molecule has 1 atom stereocenters. The van der Waals surface area contributed by atoms with Crippen LogP contribution in [0.2, 0.25) is 0 Å². The van der Waals surface area contributed by atoms with Crippen LogP contribution in [0.4, 0.5) is 4.79 Å². The van der Waals surface area contributed by atoms with Gasteiger partial charge in [-0.1, -0.05) is 0 Å². The maximum absolute atomic E-state index is 12.3. The second-order valence-corrected chi connectivity index (χ2v) is 6.39. The summed E-state index contributed by atoms with van der Waals surface area (Å²) in [4.78, 5) is 14.1. The zero-order valence-electron chi connectivity index (χ0n) is 11.6. The lowest BCUT2D eigenvalue weighted by Gasteiger charge is -2.41. The Bertz CT molecular complexity index is 319. The predicted molar refractivity (Wildman–Crippen MR) is 68.3 cm³/mol. The predicted octanol–water partition coefficient (Wildman–Crippen LogP) is 1.50. The standard InChI is InChI=1S/C13H24N2O3/c1-12(2,3)18-11(16)15-9-10(14)8-13(15)4-6-17-7-5-13/h10H,4-9,14H2,1-3H3. The van der Waals surface area contributed by atoms with Crippen LogP contribution in [0.5, 0.6) is 0 Å². The van der Waals surface area contributed by atoms with E-state index in [4.69, 9.17) is 15.2 Å². The molecule has 2 N–H and O–H groups in total. The normalized spacial score (nSPS) is 27.6. The quantitative estimate of drug-likeness (QED) is 0.713. The highest BCUT2D eigenvalue weighted by Gasteiger charge is 2.48. The van der Waals surface area contributed by atoms with Crippen LogP contribution in [0.1, 0.15) is 40.0 Å². The summed E-state index contributed by atoms with van der Waals surface area (Å²) in [7, 11) is 0. The van der Waals surface area contributed by atoms with Crippen LogP contribution in [0.25, 0.3) is 0 Å². The molecule has 2 saturated heterocycles. The lowest BCUT2D eigenvalue weighted by atomic mass is 9.87. The summed E-state index contributed by atoms with van der Waals surface area (Å²) < 4.78 is 10.9. The third-order valence-corrected chi connectivity index (χ3v) is 3.67. The molecule has 0 aliphatic carbocycles. The summed E-state index contributed by atoms with van der Waals surface area (Å²) >= 11 is 0. The van der Waals surface area contributed by atoms with Crippen LogP contribution < -0.4 is 5.73 Å². The van der Waals surface area contributed by atoms with Crippen LogP contribution in [-0.2, 0) is 9.47 Å². The number of nitrogens with zero attached hydrogens (tertiary/aromatic N) is 1. The molecule has 2 aliphatic heterocycles. The van der Waals surface area contributed by atoms with Crippen molar-refractivity contribution in [1.82, 2.24) is 4.90 Å². The van der Waals surface area contributed by atoms with Gasteiger partial charge in [-0.3, -0.25) is 0 Å². The summed E-state index contributed by atoms with van der Waals surface area (Å²) in [6.45, 7) is 7.65. The maximum atomic E-state index is 12.3. The van der Waals surface area contributed by atoms with Crippen molar-refractivity contribution >= 4 is 6.09 Å². The molecule has 5 nitrogen and oxygen atoms in total. The minimum atomic E-state index is -0.462. The highest BCUT2D eigenvalue weighted by atomic mass is 16.6. The lowest BCUT2D eigenvalue weighted by Crippen LogP contribution is -2.52. The van der Waals surface area contributed by atoms with Gasteiger partial charge in [0.15, 0.2) is 0 Å². The molecule has 1 amide bonds. The van der Waals surface area contributed by atoms with Gasteiger partial charge in [-0.05, 0) is 40.0 Å². The van der Waals surface area contributed by atoms with Crippen molar-refractivity contribution in [2.45, 2.75) is 57.2 Å². The van der Waals surface area contributed by atoms with Gasteiger partial charge in [-0.2, -0.15) is 0 Å².